The van der Waals surface area contributed by atoms with Gasteiger partial charge < -0.3 is 15.0 Å². The van der Waals surface area contributed by atoms with Gasteiger partial charge in [0.05, 0.1) is 12.6 Å². The Labute approximate surface area is 109 Å². The molecule has 1 amide bonds. The van der Waals surface area contributed by atoms with E-state index in [2.05, 4.69) is 5.32 Å². The number of hydrogen-bond donors (Lipinski definition) is 1. The molecule has 1 atom stereocenters. The molecule has 0 radical (unpaired) electrons. The van der Waals surface area contributed by atoms with Crippen LogP contribution in [0.3, 0.4) is 0 Å². The lowest BCUT2D eigenvalue weighted by atomic mass is 10.1. The second-order valence-electron chi connectivity index (χ2n) is 5.07. The van der Waals surface area contributed by atoms with Crippen LogP contribution < -0.4 is 5.32 Å². The minimum Gasteiger partial charge on any atom is -0.465 e. The molecule has 5 heteroatoms. The van der Waals surface area contributed by atoms with Crippen LogP contribution >= 0.6 is 0 Å². The first-order valence-corrected chi connectivity index (χ1v) is 6.72. The van der Waals surface area contributed by atoms with E-state index in [0.29, 0.717) is 19.1 Å². The zero-order valence-electron chi connectivity index (χ0n) is 11.6. The Bertz CT molecular complexity index is 286. The highest BCUT2D eigenvalue weighted by Gasteiger charge is 2.28. The fourth-order valence-corrected chi connectivity index (χ4v) is 2.15. The predicted molar refractivity (Wildman–Crippen MR) is 69.1 cm³/mol. The molecule has 1 saturated heterocycles. The van der Waals surface area contributed by atoms with Gasteiger partial charge in [-0.2, -0.15) is 0 Å². The summed E-state index contributed by atoms with van der Waals surface area (Å²) in [7, 11) is 0. The van der Waals surface area contributed by atoms with Crippen LogP contribution in [0.15, 0.2) is 0 Å². The molecule has 1 aliphatic rings. The van der Waals surface area contributed by atoms with Crippen molar-refractivity contribution in [1.82, 2.24) is 10.2 Å². The predicted octanol–water partition coefficient (Wildman–Crippen LogP) is 0.786. The monoisotopic (exact) mass is 256 g/mol. The maximum atomic E-state index is 12.3. The van der Waals surface area contributed by atoms with Crippen LogP contribution in [0.2, 0.25) is 0 Å². The van der Waals surface area contributed by atoms with Gasteiger partial charge >= 0.3 is 5.97 Å². The van der Waals surface area contributed by atoms with Crippen molar-refractivity contribution >= 4 is 11.9 Å². The molecule has 0 aromatic carbocycles. The lowest BCUT2D eigenvalue weighted by Crippen LogP contribution is -2.47. The number of ether oxygens (including phenoxy) is 1. The van der Waals surface area contributed by atoms with Gasteiger partial charge in [0.15, 0.2) is 0 Å². The first-order chi connectivity index (χ1) is 8.54. The Hall–Kier alpha value is -1.10. The normalized spacial score (nSPS) is 19.0. The summed E-state index contributed by atoms with van der Waals surface area (Å²) in [5, 5.41) is 3.17. The summed E-state index contributed by atoms with van der Waals surface area (Å²) in [6.07, 6.45) is 1.88. The van der Waals surface area contributed by atoms with E-state index in [0.717, 1.165) is 19.4 Å². The van der Waals surface area contributed by atoms with E-state index in [4.69, 9.17) is 4.74 Å². The summed E-state index contributed by atoms with van der Waals surface area (Å²) in [6, 6.07) is -0.127. The smallest absolute Gasteiger partial charge is 0.325 e. The van der Waals surface area contributed by atoms with E-state index in [1.807, 2.05) is 13.8 Å². The van der Waals surface area contributed by atoms with Crippen LogP contribution in [0.4, 0.5) is 0 Å². The summed E-state index contributed by atoms with van der Waals surface area (Å²) in [5.41, 5.74) is 0. The van der Waals surface area contributed by atoms with Gasteiger partial charge in [0.2, 0.25) is 5.91 Å². The molecule has 0 aromatic heterocycles. The molecule has 5 nitrogen and oxygen atoms in total. The molecule has 1 fully saturated rings. The third-order valence-electron chi connectivity index (χ3n) is 2.88. The van der Waals surface area contributed by atoms with E-state index in [1.165, 1.54) is 0 Å². The maximum Gasteiger partial charge on any atom is 0.325 e. The number of nitrogens with zero attached hydrogens (tertiary/aromatic N) is 1. The van der Waals surface area contributed by atoms with Gasteiger partial charge in [-0.1, -0.05) is 13.8 Å². The van der Waals surface area contributed by atoms with Gasteiger partial charge in [0.25, 0.3) is 0 Å². The quantitative estimate of drug-likeness (QED) is 0.714. The van der Waals surface area contributed by atoms with Crippen LogP contribution in [0.1, 0.15) is 33.6 Å². The Morgan fingerprint density at radius 3 is 2.67 bits per heavy atom. The van der Waals surface area contributed by atoms with Crippen molar-refractivity contribution < 1.29 is 14.3 Å². The second kappa shape index (κ2) is 7.36. The molecular weight excluding hydrogens is 232 g/mol. The summed E-state index contributed by atoms with van der Waals surface area (Å²) in [5.74, 6) is 0.0310. The SMILES string of the molecule is CCOC(=O)CN(CC(C)C)C(=O)[C@H]1CCCN1. The van der Waals surface area contributed by atoms with E-state index >= 15 is 0 Å². The van der Waals surface area contributed by atoms with E-state index in [-0.39, 0.29) is 24.5 Å². The molecule has 0 saturated carbocycles. The van der Waals surface area contributed by atoms with E-state index in [1.54, 1.807) is 11.8 Å². The second-order valence-corrected chi connectivity index (χ2v) is 5.07. The molecule has 1 N–H and O–H groups in total. The summed E-state index contributed by atoms with van der Waals surface area (Å²) in [6.45, 7) is 7.72. The van der Waals surface area contributed by atoms with Gasteiger partial charge in [-0.05, 0) is 32.2 Å². The summed E-state index contributed by atoms with van der Waals surface area (Å²) < 4.78 is 4.91. The molecule has 0 aliphatic carbocycles. The third-order valence-corrected chi connectivity index (χ3v) is 2.88. The Balaban J connectivity index is 2.58. The fourth-order valence-electron chi connectivity index (χ4n) is 2.15. The van der Waals surface area contributed by atoms with Crippen LogP contribution in [-0.2, 0) is 14.3 Å². The Morgan fingerprint density at radius 1 is 1.44 bits per heavy atom. The topological polar surface area (TPSA) is 58.6 Å². The van der Waals surface area contributed by atoms with Crippen LogP contribution in [0, 0.1) is 5.92 Å². The molecule has 0 bridgehead atoms. The van der Waals surface area contributed by atoms with E-state index < -0.39 is 0 Å². The number of esters is 1. The standard InChI is InChI=1S/C13H24N2O3/c1-4-18-12(16)9-15(8-10(2)3)13(17)11-6-5-7-14-11/h10-11,14H,4-9H2,1-3H3/t11-/m1/s1. The zero-order chi connectivity index (χ0) is 13.5. The van der Waals surface area contributed by atoms with Crippen molar-refractivity contribution in [3.63, 3.8) is 0 Å². The largest absolute Gasteiger partial charge is 0.465 e. The molecule has 0 unspecified atom stereocenters. The van der Waals surface area contributed by atoms with Crippen LogP contribution in [-0.4, -0.2) is 49.1 Å². The van der Waals surface area contributed by atoms with Crippen LogP contribution in [0.25, 0.3) is 0 Å². The zero-order valence-corrected chi connectivity index (χ0v) is 11.6. The average molecular weight is 256 g/mol. The third kappa shape index (κ3) is 4.64. The van der Waals surface area contributed by atoms with Gasteiger partial charge in [-0.25, -0.2) is 0 Å². The van der Waals surface area contributed by atoms with Gasteiger partial charge in [-0.15, -0.1) is 0 Å². The first kappa shape index (κ1) is 15.0. The number of nitrogens with one attached hydrogen (secondary N) is 1. The minimum absolute atomic E-state index is 0.0225. The van der Waals surface area contributed by atoms with Crippen molar-refractivity contribution in [2.24, 2.45) is 5.92 Å². The van der Waals surface area contributed by atoms with Crippen molar-refractivity contribution in [2.45, 2.75) is 39.7 Å². The van der Waals surface area contributed by atoms with Crippen molar-refractivity contribution in [2.75, 3.05) is 26.2 Å². The molecule has 1 rings (SSSR count). The van der Waals surface area contributed by atoms with Crippen molar-refractivity contribution in [3.8, 4) is 0 Å². The highest BCUT2D eigenvalue weighted by molar-refractivity contribution is 5.86. The number of carbonyl (C=O) groups is 2. The van der Waals surface area contributed by atoms with Crippen LogP contribution in [0.5, 0.6) is 0 Å². The summed E-state index contributed by atoms with van der Waals surface area (Å²) >= 11 is 0. The number of rotatable bonds is 6. The highest BCUT2D eigenvalue weighted by Crippen LogP contribution is 2.10. The maximum absolute atomic E-state index is 12.3. The van der Waals surface area contributed by atoms with Gasteiger partial charge in [0.1, 0.15) is 6.54 Å². The molecule has 1 aliphatic heterocycles. The van der Waals surface area contributed by atoms with Gasteiger partial charge in [-0.3, -0.25) is 9.59 Å². The highest BCUT2D eigenvalue weighted by atomic mass is 16.5. The van der Waals surface area contributed by atoms with Gasteiger partial charge in [0, 0.05) is 6.54 Å². The molecule has 104 valence electrons. The van der Waals surface area contributed by atoms with Crippen molar-refractivity contribution in [1.29, 1.82) is 0 Å². The molecule has 0 spiro atoms. The average Bonchev–Trinajstić information content (AvgIpc) is 2.80. The first-order valence-electron chi connectivity index (χ1n) is 6.72. The van der Waals surface area contributed by atoms with Crippen molar-refractivity contribution in [3.05, 3.63) is 0 Å². The molecular formula is C13H24N2O3. The van der Waals surface area contributed by atoms with E-state index in [9.17, 15) is 9.59 Å². The lowest BCUT2D eigenvalue weighted by molar-refractivity contribution is -0.149. The fraction of sp³-hybridized carbons (Fsp3) is 0.846. The molecule has 0 aromatic rings. The Kier molecular flexibility index (Phi) is 6.12. The number of amides is 1. The molecule has 18 heavy (non-hydrogen) atoms. The lowest BCUT2D eigenvalue weighted by Gasteiger charge is -2.26. The molecule has 1 heterocycles. The number of hydrogen-bond acceptors (Lipinski definition) is 4. The minimum atomic E-state index is -0.329. The number of carbonyl (C=O) groups excluding carboxylic acids is 2. The Morgan fingerprint density at radius 2 is 2.17 bits per heavy atom. The summed E-state index contributed by atoms with van der Waals surface area (Å²) in [4.78, 5) is 25.4.